The van der Waals surface area contributed by atoms with Gasteiger partial charge in [-0.05, 0) is 12.3 Å². The molecule has 0 spiro atoms. The molecule has 2 aromatic heterocycles. The van der Waals surface area contributed by atoms with E-state index in [9.17, 15) is 10.2 Å². The zero-order chi connectivity index (χ0) is 15.1. The molecule has 0 aliphatic carbocycles. The predicted octanol–water partition coefficient (Wildman–Crippen LogP) is 0.418. The molecule has 1 aliphatic heterocycles. The molecule has 9 heteroatoms. The quantitative estimate of drug-likeness (QED) is 0.425. The molecule has 7 nitrogen and oxygen atoms in total. The van der Waals surface area contributed by atoms with Crippen LogP contribution in [0.25, 0.3) is 11.0 Å². The molecule has 3 N–H and O–H groups in total. The number of aliphatic hydroxyl groups is 3. The van der Waals surface area contributed by atoms with Crippen LogP contribution >= 0.6 is 23.4 Å². The molecule has 0 bridgehead atoms. The van der Waals surface area contributed by atoms with E-state index >= 15 is 0 Å². The van der Waals surface area contributed by atoms with Crippen LogP contribution in [0.1, 0.15) is 6.23 Å². The van der Waals surface area contributed by atoms with E-state index in [0.29, 0.717) is 21.3 Å². The Labute approximate surface area is 129 Å². The third kappa shape index (κ3) is 2.41. The van der Waals surface area contributed by atoms with Crippen LogP contribution in [0.15, 0.2) is 17.4 Å². The van der Waals surface area contributed by atoms with E-state index in [1.165, 1.54) is 11.8 Å². The fraction of sp³-hybridized carbons (Fsp3) is 0.500. The summed E-state index contributed by atoms with van der Waals surface area (Å²) < 4.78 is 7.09. The number of aliphatic hydroxyl groups excluding tert-OH is 3. The van der Waals surface area contributed by atoms with Gasteiger partial charge in [0.2, 0.25) is 0 Å². The molecule has 1 saturated heterocycles. The second-order valence-corrected chi connectivity index (χ2v) is 5.82. The van der Waals surface area contributed by atoms with Crippen LogP contribution in [0.3, 0.4) is 0 Å². The summed E-state index contributed by atoms with van der Waals surface area (Å²) in [6.45, 7) is -0.375. The molecular formula is C12H14ClN3O4S. The number of thioether (sulfide) groups is 1. The van der Waals surface area contributed by atoms with Gasteiger partial charge in [0.05, 0.1) is 12.0 Å². The van der Waals surface area contributed by atoms with Gasteiger partial charge >= 0.3 is 0 Å². The van der Waals surface area contributed by atoms with Crippen molar-refractivity contribution in [2.24, 2.45) is 0 Å². The lowest BCUT2D eigenvalue weighted by molar-refractivity contribution is -0.0508. The van der Waals surface area contributed by atoms with Crippen molar-refractivity contribution < 1.29 is 20.1 Å². The largest absolute Gasteiger partial charge is 0.394 e. The van der Waals surface area contributed by atoms with Crippen molar-refractivity contribution in [2.45, 2.75) is 29.7 Å². The zero-order valence-electron chi connectivity index (χ0n) is 11.0. The first kappa shape index (κ1) is 15.0. The summed E-state index contributed by atoms with van der Waals surface area (Å²) in [6, 6.07) is 1.72. The van der Waals surface area contributed by atoms with Gasteiger partial charge in [-0.1, -0.05) is 23.4 Å². The minimum absolute atomic E-state index is 0.315. The number of halogens is 1. The van der Waals surface area contributed by atoms with Gasteiger partial charge in [0.25, 0.3) is 0 Å². The first-order chi connectivity index (χ1) is 10.1. The van der Waals surface area contributed by atoms with Gasteiger partial charge < -0.3 is 24.6 Å². The summed E-state index contributed by atoms with van der Waals surface area (Å²) in [5.74, 6) is 0. The Kier molecular flexibility index (Phi) is 4.08. The number of aromatic nitrogens is 3. The topological polar surface area (TPSA) is 101 Å². The highest BCUT2D eigenvalue weighted by Gasteiger charge is 2.43. The second-order valence-electron chi connectivity index (χ2n) is 4.69. The number of hydrogen-bond acceptors (Lipinski definition) is 7. The molecule has 114 valence electrons. The maximum Gasteiger partial charge on any atom is 0.190 e. The summed E-state index contributed by atoms with van der Waals surface area (Å²) >= 11 is 7.46. The van der Waals surface area contributed by atoms with Gasteiger partial charge in [0.1, 0.15) is 29.1 Å². The van der Waals surface area contributed by atoms with Gasteiger partial charge in [-0.25, -0.2) is 9.97 Å². The first-order valence-corrected chi connectivity index (χ1v) is 7.87. The number of rotatable bonds is 3. The smallest absolute Gasteiger partial charge is 0.190 e. The molecule has 2 aromatic rings. The van der Waals surface area contributed by atoms with Crippen molar-refractivity contribution in [3.63, 3.8) is 0 Å². The molecule has 3 rings (SSSR count). The second kappa shape index (κ2) is 5.71. The zero-order valence-corrected chi connectivity index (χ0v) is 12.6. The van der Waals surface area contributed by atoms with Crippen molar-refractivity contribution >= 4 is 34.4 Å². The standard InChI is InChI=1S/C12H14ClN3O4S/c1-21-12-14-9(13)5-2-3-16(10(5)15-12)11-8(19)7(18)6(4-17)20-11/h2-3,6-8,11,17-19H,4H2,1H3/t6-,7-,8-,11+/m1/s1. The molecule has 0 aromatic carbocycles. The van der Waals surface area contributed by atoms with E-state index in [2.05, 4.69) is 9.97 Å². The third-order valence-electron chi connectivity index (χ3n) is 3.48. The first-order valence-electron chi connectivity index (χ1n) is 6.27. The van der Waals surface area contributed by atoms with Crippen LogP contribution in [0, 0.1) is 0 Å². The normalized spacial score (nSPS) is 29.4. The van der Waals surface area contributed by atoms with Crippen molar-refractivity contribution in [2.75, 3.05) is 12.9 Å². The highest BCUT2D eigenvalue weighted by atomic mass is 35.5. The van der Waals surface area contributed by atoms with Crippen LogP contribution in [-0.2, 0) is 4.74 Å². The number of nitrogens with zero attached hydrogens (tertiary/aromatic N) is 3. The lowest BCUT2D eigenvalue weighted by atomic mass is 10.1. The summed E-state index contributed by atoms with van der Waals surface area (Å²) in [7, 11) is 0. The van der Waals surface area contributed by atoms with Crippen LogP contribution in [-0.4, -0.2) is 61.0 Å². The summed E-state index contributed by atoms with van der Waals surface area (Å²) in [5.41, 5.74) is 0.509. The maximum atomic E-state index is 10.1. The Balaban J connectivity index is 2.07. The van der Waals surface area contributed by atoms with Gasteiger partial charge in [-0.2, -0.15) is 0 Å². The summed E-state index contributed by atoms with van der Waals surface area (Å²) in [4.78, 5) is 8.50. The van der Waals surface area contributed by atoms with Crippen LogP contribution in [0.2, 0.25) is 5.15 Å². The Morgan fingerprint density at radius 1 is 1.38 bits per heavy atom. The molecule has 0 amide bonds. The molecule has 1 aliphatic rings. The van der Waals surface area contributed by atoms with E-state index in [1.807, 2.05) is 6.26 Å². The maximum absolute atomic E-state index is 10.1. The molecule has 3 heterocycles. The number of hydrogen-bond donors (Lipinski definition) is 3. The summed E-state index contributed by atoms with van der Waals surface area (Å²) in [6.07, 6.45) is -0.499. The van der Waals surface area contributed by atoms with Crippen molar-refractivity contribution in [1.29, 1.82) is 0 Å². The molecule has 0 saturated carbocycles. The van der Waals surface area contributed by atoms with E-state index in [4.69, 9.17) is 21.4 Å². The van der Waals surface area contributed by atoms with Gasteiger partial charge in [0.15, 0.2) is 11.4 Å². The van der Waals surface area contributed by atoms with E-state index in [0.717, 1.165) is 0 Å². The molecule has 1 fully saturated rings. The lowest BCUT2D eigenvalue weighted by Crippen LogP contribution is -2.33. The van der Waals surface area contributed by atoms with Crippen molar-refractivity contribution in [1.82, 2.24) is 14.5 Å². The predicted molar refractivity (Wildman–Crippen MR) is 77.3 cm³/mol. The van der Waals surface area contributed by atoms with Gasteiger partial charge in [0, 0.05) is 6.20 Å². The average molecular weight is 332 g/mol. The average Bonchev–Trinajstić information content (AvgIpc) is 3.02. The lowest BCUT2D eigenvalue weighted by Gasteiger charge is -2.17. The summed E-state index contributed by atoms with van der Waals surface area (Å²) in [5, 5.41) is 30.5. The highest BCUT2D eigenvalue weighted by molar-refractivity contribution is 7.98. The molecular weight excluding hydrogens is 318 g/mol. The Morgan fingerprint density at radius 3 is 2.76 bits per heavy atom. The van der Waals surface area contributed by atoms with Crippen molar-refractivity contribution in [3.05, 3.63) is 17.4 Å². The van der Waals surface area contributed by atoms with Crippen LogP contribution in [0.5, 0.6) is 0 Å². The number of ether oxygens (including phenoxy) is 1. The Bertz CT molecular complexity index is 667. The van der Waals surface area contributed by atoms with Gasteiger partial charge in [-0.3, -0.25) is 0 Å². The fourth-order valence-electron chi connectivity index (χ4n) is 2.38. The van der Waals surface area contributed by atoms with E-state index in [1.54, 1.807) is 16.8 Å². The number of fused-ring (bicyclic) bond motifs is 1. The fourth-order valence-corrected chi connectivity index (χ4v) is 3.02. The monoisotopic (exact) mass is 331 g/mol. The van der Waals surface area contributed by atoms with Crippen LogP contribution < -0.4 is 0 Å². The molecule has 21 heavy (non-hydrogen) atoms. The third-order valence-corrected chi connectivity index (χ3v) is 4.31. The van der Waals surface area contributed by atoms with Gasteiger partial charge in [-0.15, -0.1) is 0 Å². The molecule has 0 unspecified atom stereocenters. The highest BCUT2D eigenvalue weighted by Crippen LogP contribution is 2.33. The van der Waals surface area contributed by atoms with Crippen molar-refractivity contribution in [3.8, 4) is 0 Å². The Hall–Kier alpha value is -0.900. The minimum Gasteiger partial charge on any atom is -0.394 e. The Morgan fingerprint density at radius 2 is 2.14 bits per heavy atom. The van der Waals surface area contributed by atoms with Crippen LogP contribution in [0.4, 0.5) is 0 Å². The minimum atomic E-state index is -1.16. The van der Waals surface area contributed by atoms with E-state index < -0.39 is 24.5 Å². The SMILES string of the molecule is CSc1nc(Cl)c2ccn([C@H]3O[C@H](CO)[C@@H](O)[C@H]3O)c2n1. The van der Waals surface area contributed by atoms with E-state index in [-0.39, 0.29) is 6.61 Å². The molecule has 0 radical (unpaired) electrons. The molecule has 4 atom stereocenters.